The van der Waals surface area contributed by atoms with E-state index in [1.165, 1.54) is 24.3 Å². The smallest absolute Gasteiger partial charge is 0.744 e. The number of azo groups is 2. The third kappa shape index (κ3) is 7.67. The van der Waals surface area contributed by atoms with Crippen molar-refractivity contribution in [1.29, 1.82) is 0 Å². The van der Waals surface area contributed by atoms with E-state index in [1.807, 2.05) is 0 Å². The number of phenolic OH excluding ortho intramolecular Hbond substituents is 1. The Morgan fingerprint density at radius 3 is 1.64 bits per heavy atom. The first kappa shape index (κ1) is 35.2. The van der Waals surface area contributed by atoms with E-state index in [2.05, 4.69) is 20.5 Å². The van der Waals surface area contributed by atoms with Gasteiger partial charge < -0.3 is 25.7 Å². The van der Waals surface area contributed by atoms with Crippen LogP contribution in [0.25, 0.3) is 10.8 Å². The molecule has 4 aromatic carbocycles. The Bertz CT molecular complexity index is 1950. The molecule has 0 atom stereocenters. The van der Waals surface area contributed by atoms with Gasteiger partial charge >= 0.3 is 59.1 Å². The number of nitrogens with zero attached hydrogens (tertiary/aromatic N) is 5. The number of nitro benzene ring substituents is 1. The van der Waals surface area contributed by atoms with E-state index in [1.54, 1.807) is 0 Å². The molecule has 0 bridgehead atoms. The first-order valence-corrected chi connectivity index (χ1v) is 13.4. The summed E-state index contributed by atoms with van der Waals surface area (Å²) in [6, 6.07) is 11.3. The van der Waals surface area contributed by atoms with Crippen LogP contribution in [-0.4, -0.2) is 36.0 Å². The Labute approximate surface area is 281 Å². The van der Waals surface area contributed by atoms with Gasteiger partial charge in [0.2, 0.25) is 0 Å². The summed E-state index contributed by atoms with van der Waals surface area (Å²) in [6.45, 7) is 0. The Morgan fingerprint density at radius 1 is 0.762 bits per heavy atom. The zero-order chi connectivity index (χ0) is 29.4. The molecule has 0 unspecified atom stereocenters. The summed E-state index contributed by atoms with van der Waals surface area (Å²) in [5.41, 5.74) is 11.4. The fraction of sp³-hybridized carbons (Fsp3) is 0. The van der Waals surface area contributed by atoms with E-state index in [4.69, 9.17) is 11.5 Å². The Hall–Kier alpha value is -3.04. The molecule has 0 aliphatic rings. The molecule has 0 heterocycles. The SMILES string of the molecule is [NH]c1ccc(N=Nc2c(S(=O)(=O)[O-])cc3cc(S(=O)(=O)[O-])c(N=Nc4ccc([N+](=O)[O-])cc4)c(O)c3c2N)cc1.[Na+].[Na+]. The van der Waals surface area contributed by atoms with E-state index >= 15 is 0 Å². The van der Waals surface area contributed by atoms with Gasteiger partial charge in [0.25, 0.3) is 5.69 Å². The summed E-state index contributed by atoms with van der Waals surface area (Å²) in [4.78, 5) is 8.01. The quantitative estimate of drug-likeness (QED) is 0.0601. The van der Waals surface area contributed by atoms with Crippen LogP contribution in [0.15, 0.2) is 90.9 Å². The molecule has 4 aromatic rings. The minimum Gasteiger partial charge on any atom is -0.744 e. The van der Waals surface area contributed by atoms with Crippen molar-refractivity contribution < 1.29 is 95.1 Å². The maximum absolute atomic E-state index is 12.0. The first-order chi connectivity index (χ1) is 18.7. The molecule has 4 rings (SSSR count). The largest absolute Gasteiger partial charge is 1.00 e. The maximum Gasteiger partial charge on any atom is 1.00 e. The van der Waals surface area contributed by atoms with Crippen LogP contribution in [0.5, 0.6) is 5.75 Å². The van der Waals surface area contributed by atoms with Crippen LogP contribution >= 0.6 is 0 Å². The monoisotopic (exact) mass is 630 g/mol. The predicted octanol–water partition coefficient (Wildman–Crippen LogP) is -1.40. The Kier molecular flexibility index (Phi) is 11.3. The van der Waals surface area contributed by atoms with Crippen molar-refractivity contribution in [3.05, 3.63) is 70.8 Å². The average Bonchev–Trinajstić information content (AvgIpc) is 2.87. The number of hydrogen-bond acceptors (Lipinski definition) is 14. The number of phenols is 1. The van der Waals surface area contributed by atoms with Crippen molar-refractivity contribution in [2.45, 2.75) is 9.79 Å². The molecule has 0 amide bonds. The van der Waals surface area contributed by atoms with Gasteiger partial charge in [0.1, 0.15) is 31.6 Å². The van der Waals surface area contributed by atoms with Crippen LogP contribution < -0.4 is 70.6 Å². The van der Waals surface area contributed by atoms with E-state index < -0.39 is 68.5 Å². The molecule has 0 aromatic heterocycles. The van der Waals surface area contributed by atoms with Crippen LogP contribution in [-0.2, 0) is 20.2 Å². The molecule has 205 valence electrons. The summed E-state index contributed by atoms with van der Waals surface area (Å²) in [5, 5.41) is 35.8. The van der Waals surface area contributed by atoms with Crippen molar-refractivity contribution >= 4 is 70.8 Å². The summed E-state index contributed by atoms with van der Waals surface area (Å²) in [7, 11) is -10.7. The number of hydrogen-bond donors (Lipinski definition) is 2. The molecule has 0 spiro atoms. The van der Waals surface area contributed by atoms with Gasteiger partial charge in [0, 0.05) is 12.1 Å². The topological polar surface area (TPSA) is 277 Å². The van der Waals surface area contributed by atoms with Crippen LogP contribution in [0.2, 0.25) is 0 Å². The first-order valence-electron chi connectivity index (χ1n) is 10.6. The van der Waals surface area contributed by atoms with Crippen molar-refractivity contribution in [3.8, 4) is 5.75 Å². The number of anilines is 1. The number of fused-ring (bicyclic) bond motifs is 1. The number of non-ortho nitro benzene ring substituents is 1. The molecule has 16 nitrogen and oxygen atoms in total. The zero-order valence-electron chi connectivity index (χ0n) is 21.6. The second-order valence-corrected chi connectivity index (χ2v) is 10.6. The fourth-order valence-corrected chi connectivity index (χ4v) is 4.78. The third-order valence-corrected chi connectivity index (χ3v) is 7.01. The van der Waals surface area contributed by atoms with Gasteiger partial charge in [-0.05, 0) is 53.9 Å². The predicted molar refractivity (Wildman–Crippen MR) is 137 cm³/mol. The molecule has 0 aliphatic heterocycles. The van der Waals surface area contributed by atoms with Gasteiger partial charge in [0.15, 0.2) is 5.75 Å². The van der Waals surface area contributed by atoms with Crippen molar-refractivity contribution in [3.63, 3.8) is 0 Å². The van der Waals surface area contributed by atoms with Crippen LogP contribution in [0.3, 0.4) is 0 Å². The number of nitrogen functional groups attached to an aromatic ring is 1. The van der Waals surface area contributed by atoms with Gasteiger partial charge in [-0.1, -0.05) is 0 Å². The number of aromatic hydroxyl groups is 1. The second kappa shape index (κ2) is 13.5. The van der Waals surface area contributed by atoms with Gasteiger partial charge in [-0.15, -0.1) is 10.2 Å². The summed E-state index contributed by atoms with van der Waals surface area (Å²) in [6.07, 6.45) is 0. The molecule has 0 saturated carbocycles. The number of nitrogens with two attached hydrogens (primary N) is 1. The van der Waals surface area contributed by atoms with E-state index in [9.17, 15) is 41.2 Å². The van der Waals surface area contributed by atoms with Gasteiger partial charge in [0.05, 0.1) is 42.9 Å². The van der Waals surface area contributed by atoms with Crippen LogP contribution in [0, 0.1) is 10.1 Å². The van der Waals surface area contributed by atoms with Crippen LogP contribution in [0.1, 0.15) is 0 Å². The second-order valence-electron chi connectivity index (χ2n) is 7.94. The van der Waals surface area contributed by atoms with Gasteiger partial charge in [-0.2, -0.15) is 10.2 Å². The Balaban J connectivity index is 0.00000308. The molecular weight excluding hydrogens is 616 g/mol. The minimum atomic E-state index is -5.37. The molecule has 0 fully saturated rings. The number of rotatable bonds is 7. The summed E-state index contributed by atoms with van der Waals surface area (Å²) >= 11 is 0. The Morgan fingerprint density at radius 2 is 1.19 bits per heavy atom. The normalized spacial score (nSPS) is 11.9. The van der Waals surface area contributed by atoms with Gasteiger partial charge in [-0.25, -0.2) is 16.8 Å². The van der Waals surface area contributed by atoms with E-state index in [0.717, 1.165) is 24.3 Å². The van der Waals surface area contributed by atoms with Crippen molar-refractivity contribution in [1.82, 2.24) is 5.73 Å². The van der Waals surface area contributed by atoms with Crippen LogP contribution in [0.4, 0.5) is 39.8 Å². The average molecular weight is 631 g/mol. The van der Waals surface area contributed by atoms with E-state index in [-0.39, 0.29) is 81.9 Å². The molecule has 4 N–H and O–H groups in total. The fourth-order valence-electron chi connectivity index (χ4n) is 3.48. The number of benzene rings is 4. The standard InChI is InChI=1S/C22H16N7O9S2.2Na/c23-12-1-3-13(4-2-12)25-27-20-16(39(33,34)35)9-11-10-17(40(36,37)38)21(22(30)18(11)19(20)24)28-26-14-5-7-15(8-6-14)29(31)32;;/h1-10,23,30H,24H2,(H,33,34,35)(H,36,37,38);;/q;2*+1/p-2. The molecular formula is C22H14N7Na2O9S2. The third-order valence-electron chi connectivity index (χ3n) is 5.31. The zero-order valence-corrected chi connectivity index (χ0v) is 27.2. The molecule has 1 radical (unpaired) electrons. The number of nitro groups is 1. The summed E-state index contributed by atoms with van der Waals surface area (Å²) in [5.74, 6) is -1.01. The molecule has 0 saturated heterocycles. The van der Waals surface area contributed by atoms with Crippen molar-refractivity contribution in [2.24, 2.45) is 20.5 Å². The summed E-state index contributed by atoms with van der Waals surface area (Å²) < 4.78 is 72.0. The molecule has 42 heavy (non-hydrogen) atoms. The van der Waals surface area contributed by atoms with E-state index in [0.29, 0.717) is 12.1 Å². The molecule has 20 heteroatoms. The number of nitrogens with one attached hydrogen (secondary N) is 1. The van der Waals surface area contributed by atoms with Crippen molar-refractivity contribution in [2.75, 3.05) is 5.73 Å². The molecule has 0 aliphatic carbocycles. The van der Waals surface area contributed by atoms with Gasteiger partial charge in [-0.3, -0.25) is 10.1 Å². The minimum absolute atomic E-state index is 0. The maximum atomic E-state index is 12.0.